The predicted molar refractivity (Wildman–Crippen MR) is 209 cm³/mol. The van der Waals surface area contributed by atoms with E-state index >= 15 is 0 Å². The highest BCUT2D eigenvalue weighted by atomic mass is 16.3. The summed E-state index contributed by atoms with van der Waals surface area (Å²) in [5.41, 5.74) is 16.8. The maximum absolute atomic E-state index is 7.10. The third kappa shape index (κ3) is 4.46. The lowest BCUT2D eigenvalue weighted by Crippen LogP contribution is -2.61. The number of anilines is 9. The largest absolute Gasteiger partial charge is 0.473 e. The molecule has 2 aliphatic heterocycles. The summed E-state index contributed by atoms with van der Waals surface area (Å²) in [6, 6.07) is 54.9. The van der Waals surface area contributed by atoms with Crippen LogP contribution in [0.2, 0.25) is 0 Å². The molecule has 6 aromatic carbocycles. The van der Waals surface area contributed by atoms with Crippen LogP contribution in [0.15, 0.2) is 156 Å². The number of hydrogen-bond donors (Lipinski definition) is 0. The predicted octanol–water partition coefficient (Wildman–Crippen LogP) is 10.0. The van der Waals surface area contributed by atoms with Crippen LogP contribution in [0.1, 0.15) is 29.7 Å². The van der Waals surface area contributed by atoms with Crippen LogP contribution in [0, 0.1) is 6.92 Å². The van der Waals surface area contributed by atoms with E-state index in [2.05, 4.69) is 173 Å². The molecule has 0 unspecified atom stereocenters. The maximum Gasteiger partial charge on any atom is 0.297 e. The standard InChI is InChI=1S/C45H36BN3O/c1-31-28-40-43-41(29-31)49(35-22-12-5-13-23-35)44-37-24-14-15-25-42(37)50-45(44)46(43)38-27-26-36(30-39(38)48(40)34-20-10-4-11-21-34)47(32-16-6-2-7-17-32)33-18-8-3-9-19-33/h2-13,16-23,26-30H,14-15,24-25H2,1H3. The Morgan fingerprint density at radius 3 is 1.76 bits per heavy atom. The Bertz CT molecular complexity index is 2320. The average Bonchev–Trinajstić information content (AvgIpc) is 3.55. The monoisotopic (exact) mass is 645 g/mol. The second-order valence-electron chi connectivity index (χ2n) is 13.7. The van der Waals surface area contributed by atoms with E-state index in [-0.39, 0.29) is 6.71 Å². The molecule has 240 valence electrons. The van der Waals surface area contributed by atoms with Gasteiger partial charge in [-0.3, -0.25) is 0 Å². The highest BCUT2D eigenvalue weighted by molar-refractivity contribution is 6.99. The minimum atomic E-state index is -0.0351. The molecule has 0 bridgehead atoms. The first-order valence-corrected chi connectivity index (χ1v) is 17.8. The zero-order valence-electron chi connectivity index (χ0n) is 28.1. The molecule has 3 heterocycles. The highest BCUT2D eigenvalue weighted by Gasteiger charge is 2.47. The fourth-order valence-corrected chi connectivity index (χ4v) is 8.53. The first kappa shape index (κ1) is 29.0. The Morgan fingerprint density at radius 2 is 1.12 bits per heavy atom. The normalized spacial score (nSPS) is 14.1. The van der Waals surface area contributed by atoms with Crippen LogP contribution >= 0.6 is 0 Å². The van der Waals surface area contributed by atoms with E-state index < -0.39 is 0 Å². The summed E-state index contributed by atoms with van der Waals surface area (Å²) in [7, 11) is 0. The molecular formula is C45H36BN3O. The van der Waals surface area contributed by atoms with E-state index in [1.54, 1.807) is 0 Å². The molecule has 3 aliphatic rings. The van der Waals surface area contributed by atoms with Crippen LogP contribution < -0.4 is 31.3 Å². The number of rotatable bonds is 5. The van der Waals surface area contributed by atoms with Gasteiger partial charge in [-0.05, 0) is 115 Å². The molecule has 0 radical (unpaired) electrons. The number of benzene rings is 6. The van der Waals surface area contributed by atoms with E-state index in [1.807, 2.05) is 0 Å². The minimum Gasteiger partial charge on any atom is -0.473 e. The van der Waals surface area contributed by atoms with Crippen molar-refractivity contribution in [3.8, 4) is 0 Å². The van der Waals surface area contributed by atoms with Gasteiger partial charge in [-0.25, -0.2) is 0 Å². The fourth-order valence-electron chi connectivity index (χ4n) is 8.53. The maximum atomic E-state index is 7.10. The van der Waals surface area contributed by atoms with Crippen molar-refractivity contribution in [2.24, 2.45) is 0 Å². The van der Waals surface area contributed by atoms with E-state index in [9.17, 15) is 0 Å². The number of hydrogen-bond acceptors (Lipinski definition) is 4. The molecule has 7 aromatic rings. The molecule has 0 amide bonds. The molecule has 0 N–H and O–H groups in total. The quantitative estimate of drug-likeness (QED) is 0.174. The van der Waals surface area contributed by atoms with Crippen LogP contribution in [0.25, 0.3) is 0 Å². The Morgan fingerprint density at radius 1 is 0.560 bits per heavy atom. The Kier molecular flexibility index (Phi) is 6.73. The van der Waals surface area contributed by atoms with Crippen LogP contribution in [-0.2, 0) is 12.8 Å². The summed E-state index contributed by atoms with van der Waals surface area (Å²) >= 11 is 0. The minimum absolute atomic E-state index is 0.0351. The van der Waals surface area contributed by atoms with Crippen molar-refractivity contribution in [3.63, 3.8) is 0 Å². The summed E-state index contributed by atoms with van der Waals surface area (Å²) in [6.07, 6.45) is 4.40. The molecule has 0 fully saturated rings. The Labute approximate surface area is 293 Å². The summed E-state index contributed by atoms with van der Waals surface area (Å²) in [4.78, 5) is 7.34. The zero-order valence-corrected chi connectivity index (χ0v) is 28.1. The van der Waals surface area contributed by atoms with Crippen LogP contribution in [0.5, 0.6) is 0 Å². The van der Waals surface area contributed by atoms with Crippen molar-refractivity contribution < 1.29 is 4.42 Å². The van der Waals surface area contributed by atoms with Gasteiger partial charge >= 0.3 is 0 Å². The van der Waals surface area contributed by atoms with Gasteiger partial charge in [-0.15, -0.1) is 0 Å². The van der Waals surface area contributed by atoms with Crippen LogP contribution in [-0.4, -0.2) is 6.71 Å². The number of fused-ring (bicyclic) bond motifs is 6. The van der Waals surface area contributed by atoms with Gasteiger partial charge in [0.25, 0.3) is 6.71 Å². The van der Waals surface area contributed by atoms with Crippen LogP contribution in [0.3, 0.4) is 0 Å². The van der Waals surface area contributed by atoms with Crippen molar-refractivity contribution in [1.82, 2.24) is 0 Å². The second kappa shape index (κ2) is 11.6. The lowest BCUT2D eigenvalue weighted by Gasteiger charge is -2.43. The van der Waals surface area contributed by atoms with Gasteiger partial charge in [0, 0.05) is 57.5 Å². The third-order valence-corrected chi connectivity index (χ3v) is 10.6. The number of furan rings is 1. The van der Waals surface area contributed by atoms with Gasteiger partial charge < -0.3 is 19.1 Å². The first-order valence-electron chi connectivity index (χ1n) is 17.8. The van der Waals surface area contributed by atoms with E-state index in [0.29, 0.717) is 0 Å². The molecule has 50 heavy (non-hydrogen) atoms. The average molecular weight is 646 g/mol. The molecule has 4 nitrogen and oxygen atoms in total. The molecule has 10 rings (SSSR count). The molecular weight excluding hydrogens is 609 g/mol. The topological polar surface area (TPSA) is 22.9 Å². The molecule has 1 aliphatic carbocycles. The van der Waals surface area contributed by atoms with E-state index in [4.69, 9.17) is 4.42 Å². The first-order chi connectivity index (χ1) is 24.7. The highest BCUT2D eigenvalue weighted by Crippen LogP contribution is 2.48. The van der Waals surface area contributed by atoms with E-state index in [0.717, 1.165) is 47.0 Å². The summed E-state index contributed by atoms with van der Waals surface area (Å²) in [6.45, 7) is 2.20. The van der Waals surface area contributed by atoms with Gasteiger partial charge in [0.15, 0.2) is 0 Å². The van der Waals surface area contributed by atoms with E-state index in [1.165, 1.54) is 63.3 Å². The Hall–Kier alpha value is -5.94. The summed E-state index contributed by atoms with van der Waals surface area (Å²) in [5.74, 6) is 1.16. The molecule has 0 spiro atoms. The molecule has 0 saturated carbocycles. The zero-order chi connectivity index (χ0) is 33.2. The second-order valence-corrected chi connectivity index (χ2v) is 13.7. The molecule has 0 saturated heterocycles. The smallest absolute Gasteiger partial charge is 0.297 e. The van der Waals surface area contributed by atoms with Gasteiger partial charge in [-0.2, -0.15) is 0 Å². The van der Waals surface area contributed by atoms with Crippen molar-refractivity contribution in [2.45, 2.75) is 32.6 Å². The SMILES string of the molecule is Cc1cc2c3c(c1)N(c1ccccc1)c1c(oc4c1CCCC4)B3c1ccc(N(c3ccccc3)c3ccccc3)cc1N2c1ccccc1. The molecule has 0 atom stereocenters. The lowest BCUT2D eigenvalue weighted by molar-refractivity contribution is 0.497. The lowest BCUT2D eigenvalue weighted by atomic mass is 9.35. The fraction of sp³-hybridized carbons (Fsp3) is 0.111. The van der Waals surface area contributed by atoms with Gasteiger partial charge in [0.05, 0.1) is 11.3 Å². The number of nitrogens with zero attached hydrogens (tertiary/aromatic N) is 3. The van der Waals surface area contributed by atoms with Crippen LogP contribution in [0.4, 0.5) is 51.2 Å². The van der Waals surface area contributed by atoms with Gasteiger partial charge in [-0.1, -0.05) is 78.9 Å². The van der Waals surface area contributed by atoms with Crippen molar-refractivity contribution in [1.29, 1.82) is 0 Å². The number of aryl methyl sites for hydroxylation is 2. The van der Waals surface area contributed by atoms with Gasteiger partial charge in [0.2, 0.25) is 0 Å². The molecule has 1 aromatic heterocycles. The summed E-state index contributed by atoms with van der Waals surface area (Å²) < 4.78 is 7.10. The third-order valence-electron chi connectivity index (χ3n) is 10.6. The Balaban J connectivity index is 1.27. The summed E-state index contributed by atoms with van der Waals surface area (Å²) in [5, 5.41) is 0. The van der Waals surface area contributed by atoms with Crippen molar-refractivity contribution >= 4 is 74.5 Å². The van der Waals surface area contributed by atoms with Crippen molar-refractivity contribution in [2.75, 3.05) is 14.7 Å². The molecule has 5 heteroatoms. The number of para-hydroxylation sites is 4. The van der Waals surface area contributed by atoms with Crippen molar-refractivity contribution in [3.05, 3.63) is 169 Å². The van der Waals surface area contributed by atoms with Gasteiger partial charge in [0.1, 0.15) is 5.76 Å².